The molecule has 21 heavy (non-hydrogen) atoms. The molecule has 7 nitrogen and oxygen atoms in total. The van der Waals surface area contributed by atoms with Gasteiger partial charge in [-0.1, -0.05) is 0 Å². The fourth-order valence-corrected chi connectivity index (χ4v) is 3.17. The van der Waals surface area contributed by atoms with Crippen molar-refractivity contribution in [2.75, 3.05) is 13.1 Å². The first-order chi connectivity index (χ1) is 9.92. The van der Waals surface area contributed by atoms with Gasteiger partial charge in [-0.05, 0) is 41.5 Å². The molecule has 0 unspecified atom stereocenters. The van der Waals surface area contributed by atoms with E-state index in [1.807, 2.05) is 0 Å². The van der Waals surface area contributed by atoms with E-state index in [-0.39, 0.29) is 0 Å². The maximum absolute atomic E-state index is 8.88. The molecule has 112 valence electrons. The van der Waals surface area contributed by atoms with Crippen LogP contribution in [0, 0.1) is 0 Å². The number of phosphoric acid groups is 1. The molecule has 1 aromatic carbocycles. The Morgan fingerprint density at radius 3 is 1.86 bits per heavy atom. The van der Waals surface area contributed by atoms with Crippen molar-refractivity contribution in [3.63, 3.8) is 0 Å². The maximum Gasteiger partial charge on any atom is 0.466 e. The Labute approximate surface area is 121 Å². The molecule has 4 N–H and O–H groups in total. The van der Waals surface area contributed by atoms with Crippen LogP contribution in [-0.4, -0.2) is 37.7 Å². The van der Waals surface area contributed by atoms with Crippen LogP contribution in [0.3, 0.4) is 0 Å². The van der Waals surface area contributed by atoms with Crippen LogP contribution in [0.25, 0.3) is 11.0 Å². The van der Waals surface area contributed by atoms with Crippen LogP contribution in [-0.2, 0) is 4.57 Å². The largest absolute Gasteiger partial charge is 0.466 e. The van der Waals surface area contributed by atoms with Crippen molar-refractivity contribution >= 4 is 18.9 Å². The van der Waals surface area contributed by atoms with E-state index in [1.54, 1.807) is 12.4 Å². The molecule has 0 spiro atoms. The molecule has 2 aliphatic rings. The predicted octanol–water partition coefficient (Wildman–Crippen LogP) is 0.875. The Hall–Kier alpha value is -1.37. The van der Waals surface area contributed by atoms with E-state index in [0.29, 0.717) is 11.8 Å². The minimum atomic E-state index is -4.64. The molecule has 2 atom stereocenters. The third kappa shape index (κ3) is 3.28. The van der Waals surface area contributed by atoms with Gasteiger partial charge in [0.05, 0.1) is 11.0 Å². The van der Waals surface area contributed by atoms with Gasteiger partial charge in [-0.2, -0.15) is 0 Å². The van der Waals surface area contributed by atoms with Gasteiger partial charge in [0.1, 0.15) is 0 Å². The monoisotopic (exact) mass is 309 g/mol. The summed E-state index contributed by atoms with van der Waals surface area (Å²) in [6.45, 7) is 2.24. The number of benzene rings is 1. The van der Waals surface area contributed by atoms with E-state index in [0.717, 1.165) is 24.1 Å². The summed E-state index contributed by atoms with van der Waals surface area (Å²) in [5.41, 5.74) is 5.08. The molecular formula is C13H16N3O4P. The molecule has 0 amide bonds. The van der Waals surface area contributed by atoms with Gasteiger partial charge in [0.25, 0.3) is 0 Å². The summed E-state index contributed by atoms with van der Waals surface area (Å²) in [7, 11) is -4.64. The van der Waals surface area contributed by atoms with E-state index >= 15 is 0 Å². The second-order valence-corrected chi connectivity index (χ2v) is 6.35. The standard InChI is InChI=1S/C13H13N3.H3O4P/c1-2-16-13-5-11-9-3-8(6-14-7-9)10(11)4-12(13)15-1;1-5(2,3)4/h1-2,4-5,8-9,14H,3,6-7H2;(H3,1,2,3,4)/t8-,9-;/m1./s1. The summed E-state index contributed by atoms with van der Waals surface area (Å²) in [6.07, 6.45) is 4.85. The number of nitrogens with one attached hydrogen (secondary N) is 1. The number of fused-ring (bicyclic) bond motifs is 6. The van der Waals surface area contributed by atoms with Gasteiger partial charge >= 0.3 is 7.82 Å². The fraction of sp³-hybridized carbons (Fsp3) is 0.385. The minimum absolute atomic E-state index is 0.695. The first kappa shape index (κ1) is 14.6. The van der Waals surface area contributed by atoms with Gasteiger partial charge < -0.3 is 20.0 Å². The quantitative estimate of drug-likeness (QED) is 0.534. The first-order valence-corrected chi connectivity index (χ1v) is 8.22. The normalized spacial score (nSPS) is 23.4. The van der Waals surface area contributed by atoms with Gasteiger partial charge in [-0.25, -0.2) is 4.57 Å². The Morgan fingerprint density at radius 2 is 1.43 bits per heavy atom. The molecule has 1 fully saturated rings. The Balaban J connectivity index is 0.000000233. The summed E-state index contributed by atoms with van der Waals surface area (Å²) < 4.78 is 8.88. The van der Waals surface area contributed by atoms with Crippen LogP contribution in [0.15, 0.2) is 24.5 Å². The van der Waals surface area contributed by atoms with Crippen LogP contribution in [0.5, 0.6) is 0 Å². The van der Waals surface area contributed by atoms with Gasteiger partial charge in [0, 0.05) is 25.5 Å². The summed E-state index contributed by atoms with van der Waals surface area (Å²) >= 11 is 0. The Morgan fingerprint density at radius 1 is 1.00 bits per heavy atom. The molecule has 0 radical (unpaired) electrons. The highest BCUT2D eigenvalue weighted by atomic mass is 31.2. The smallest absolute Gasteiger partial charge is 0.316 e. The van der Waals surface area contributed by atoms with Crippen LogP contribution in [0.1, 0.15) is 29.4 Å². The average molecular weight is 309 g/mol. The third-order valence-electron chi connectivity index (χ3n) is 3.90. The van der Waals surface area contributed by atoms with Crippen molar-refractivity contribution in [2.45, 2.75) is 18.3 Å². The van der Waals surface area contributed by atoms with Crippen molar-refractivity contribution in [1.82, 2.24) is 15.3 Å². The lowest BCUT2D eigenvalue weighted by Gasteiger charge is -2.19. The lowest BCUT2D eigenvalue weighted by molar-refractivity contribution is 0.275. The van der Waals surface area contributed by atoms with E-state index < -0.39 is 7.82 Å². The summed E-state index contributed by atoms with van der Waals surface area (Å²) in [4.78, 5) is 30.3. The summed E-state index contributed by atoms with van der Waals surface area (Å²) in [5, 5.41) is 3.51. The molecule has 2 bridgehead atoms. The van der Waals surface area contributed by atoms with E-state index in [1.165, 1.54) is 17.5 Å². The highest BCUT2D eigenvalue weighted by Crippen LogP contribution is 2.44. The van der Waals surface area contributed by atoms with E-state index in [9.17, 15) is 0 Å². The van der Waals surface area contributed by atoms with E-state index in [2.05, 4.69) is 27.4 Å². The van der Waals surface area contributed by atoms with Gasteiger partial charge in [-0.15, -0.1) is 0 Å². The fourth-order valence-electron chi connectivity index (χ4n) is 3.17. The van der Waals surface area contributed by atoms with Gasteiger partial charge in [0.15, 0.2) is 0 Å². The minimum Gasteiger partial charge on any atom is -0.316 e. The second kappa shape index (κ2) is 5.44. The third-order valence-corrected chi connectivity index (χ3v) is 3.90. The zero-order chi connectivity index (χ0) is 15.0. The lowest BCUT2D eigenvalue weighted by Crippen LogP contribution is -2.28. The van der Waals surface area contributed by atoms with Crippen LogP contribution in [0.4, 0.5) is 0 Å². The average Bonchev–Trinajstić information content (AvgIpc) is 2.66. The zero-order valence-electron chi connectivity index (χ0n) is 11.2. The molecule has 4 rings (SSSR count). The van der Waals surface area contributed by atoms with Crippen LogP contribution in [0.2, 0.25) is 0 Å². The summed E-state index contributed by atoms with van der Waals surface area (Å²) in [6, 6.07) is 4.49. The molecule has 1 saturated heterocycles. The number of piperidine rings is 1. The van der Waals surface area contributed by atoms with Crippen molar-refractivity contribution < 1.29 is 19.2 Å². The van der Waals surface area contributed by atoms with Crippen LogP contribution < -0.4 is 5.32 Å². The Kier molecular flexibility index (Phi) is 3.77. The molecule has 2 heterocycles. The summed E-state index contributed by atoms with van der Waals surface area (Å²) in [5.74, 6) is 1.39. The molecule has 1 aliphatic carbocycles. The van der Waals surface area contributed by atoms with Gasteiger partial charge in [0.2, 0.25) is 0 Å². The SMILES string of the molecule is O=P(O)(O)O.c1cnc2cc3c(cc2n1)[C@H]1CNC[C@H]3C1. The molecule has 2 aromatic rings. The molecule has 8 heteroatoms. The first-order valence-electron chi connectivity index (χ1n) is 6.65. The maximum atomic E-state index is 8.88. The predicted molar refractivity (Wildman–Crippen MR) is 76.8 cm³/mol. The molecule has 0 saturated carbocycles. The van der Waals surface area contributed by atoms with Gasteiger partial charge in [-0.3, -0.25) is 9.97 Å². The highest BCUT2D eigenvalue weighted by molar-refractivity contribution is 7.45. The lowest BCUT2D eigenvalue weighted by atomic mass is 9.98. The number of rotatable bonds is 0. The highest BCUT2D eigenvalue weighted by Gasteiger charge is 2.34. The molecule has 1 aromatic heterocycles. The Bertz CT molecular complexity index is 661. The second-order valence-electron chi connectivity index (χ2n) is 5.33. The van der Waals surface area contributed by atoms with E-state index in [4.69, 9.17) is 19.2 Å². The van der Waals surface area contributed by atoms with Crippen molar-refractivity contribution in [3.8, 4) is 0 Å². The van der Waals surface area contributed by atoms with Crippen LogP contribution >= 0.6 is 7.82 Å². The number of hydrogen-bond acceptors (Lipinski definition) is 4. The number of hydrogen-bond donors (Lipinski definition) is 4. The zero-order valence-corrected chi connectivity index (χ0v) is 12.1. The number of nitrogens with zero attached hydrogens (tertiary/aromatic N) is 2. The molecular weight excluding hydrogens is 293 g/mol. The topological polar surface area (TPSA) is 116 Å². The number of aromatic nitrogens is 2. The van der Waals surface area contributed by atoms with Crippen molar-refractivity contribution in [1.29, 1.82) is 0 Å². The van der Waals surface area contributed by atoms with Crippen molar-refractivity contribution in [2.24, 2.45) is 0 Å². The van der Waals surface area contributed by atoms with Crippen molar-refractivity contribution in [3.05, 3.63) is 35.7 Å². The molecule has 1 aliphatic heterocycles.